The number of hydrogen-bond acceptors (Lipinski definition) is 11. The SMILES string of the molecule is CN(C)CCOc1ccc2c(c1)CN(C(=O)O[C@@H]1C[C@H]3C(=O)C[C@]4(C(=O)NS(=O)(=O)C5CC5)C[C@H]4/C=C\CCCCC[C@H](NC(=O)OC4CCCC4)C(=O)N3C1)C2. The fourth-order valence-electron chi connectivity index (χ4n) is 8.68. The van der Waals surface area contributed by atoms with Gasteiger partial charge in [0.05, 0.1) is 23.3 Å². The quantitative estimate of drug-likeness (QED) is 0.324. The Morgan fingerprint density at radius 1 is 0.930 bits per heavy atom. The van der Waals surface area contributed by atoms with Gasteiger partial charge in [0.2, 0.25) is 21.8 Å². The lowest BCUT2D eigenvalue weighted by Gasteiger charge is -2.29. The topological polar surface area (TPSA) is 181 Å². The van der Waals surface area contributed by atoms with Gasteiger partial charge in [0, 0.05) is 32.5 Å². The first-order valence-electron chi connectivity index (χ1n) is 20.7. The zero-order chi connectivity index (χ0) is 40.3. The number of carbonyl (C=O) groups is 5. The number of nitrogens with one attached hydrogen (secondary N) is 2. The van der Waals surface area contributed by atoms with Crippen LogP contribution in [0.2, 0.25) is 0 Å². The van der Waals surface area contributed by atoms with Crippen LogP contribution in [0.25, 0.3) is 0 Å². The van der Waals surface area contributed by atoms with Crippen LogP contribution >= 0.6 is 0 Å². The predicted molar refractivity (Wildman–Crippen MR) is 208 cm³/mol. The van der Waals surface area contributed by atoms with Gasteiger partial charge in [-0.2, -0.15) is 0 Å². The smallest absolute Gasteiger partial charge is 0.410 e. The number of likely N-dealkylation sites (N-methyl/N-ethyl adjacent to an activating group) is 1. The van der Waals surface area contributed by atoms with E-state index in [1.807, 2.05) is 49.3 Å². The molecule has 15 nitrogen and oxygen atoms in total. The van der Waals surface area contributed by atoms with Gasteiger partial charge in [-0.25, -0.2) is 18.0 Å². The van der Waals surface area contributed by atoms with E-state index in [9.17, 15) is 32.4 Å². The Kier molecular flexibility index (Phi) is 12.5. The molecule has 0 unspecified atom stereocenters. The number of hydrogen-bond donors (Lipinski definition) is 2. The molecular formula is C41H57N5O10S. The Labute approximate surface area is 335 Å². The Morgan fingerprint density at radius 3 is 2.44 bits per heavy atom. The normalized spacial score (nSPS) is 28.8. The Balaban J connectivity index is 1.09. The van der Waals surface area contributed by atoms with Crippen LogP contribution in [0.3, 0.4) is 0 Å². The number of nitrogens with zero attached hydrogens (tertiary/aromatic N) is 3. The van der Waals surface area contributed by atoms with E-state index < -0.39 is 68.7 Å². The number of benzene rings is 1. The van der Waals surface area contributed by atoms with Crippen molar-refractivity contribution in [2.75, 3.05) is 33.8 Å². The molecule has 57 heavy (non-hydrogen) atoms. The molecule has 7 rings (SSSR count). The van der Waals surface area contributed by atoms with Gasteiger partial charge in [0.15, 0.2) is 5.78 Å². The first-order valence-corrected chi connectivity index (χ1v) is 22.2. The van der Waals surface area contributed by atoms with Gasteiger partial charge >= 0.3 is 12.2 Å². The summed E-state index contributed by atoms with van der Waals surface area (Å²) in [6, 6.07) is 3.69. The molecule has 2 N–H and O–H groups in total. The summed E-state index contributed by atoms with van der Waals surface area (Å²) in [5.41, 5.74) is 0.630. The van der Waals surface area contributed by atoms with E-state index in [0.29, 0.717) is 64.0 Å². The zero-order valence-corrected chi connectivity index (χ0v) is 33.9. The summed E-state index contributed by atoms with van der Waals surface area (Å²) in [5.74, 6) is -1.23. The van der Waals surface area contributed by atoms with Crippen LogP contribution in [0.15, 0.2) is 30.4 Å². The van der Waals surface area contributed by atoms with Crippen LogP contribution in [-0.4, -0.2) is 116 Å². The number of Topliss-reactive ketones (excluding diaryl/α,β-unsaturated/α-hetero) is 1. The van der Waals surface area contributed by atoms with E-state index in [1.54, 1.807) is 4.90 Å². The van der Waals surface area contributed by atoms with Gasteiger partial charge < -0.3 is 29.3 Å². The fourth-order valence-corrected chi connectivity index (χ4v) is 10.1. The van der Waals surface area contributed by atoms with Gasteiger partial charge in [-0.1, -0.05) is 31.1 Å². The van der Waals surface area contributed by atoms with Crippen LogP contribution < -0.4 is 14.8 Å². The maximum atomic E-state index is 14.5. The fraction of sp³-hybridized carbons (Fsp3) is 0.683. The molecule has 3 heterocycles. The summed E-state index contributed by atoms with van der Waals surface area (Å²) in [4.78, 5) is 74.5. The summed E-state index contributed by atoms with van der Waals surface area (Å²) in [7, 11) is 0.0749. The molecule has 312 valence electrons. The van der Waals surface area contributed by atoms with Crippen molar-refractivity contribution in [3.05, 3.63) is 41.5 Å². The van der Waals surface area contributed by atoms with Crippen molar-refractivity contribution in [2.45, 2.75) is 133 Å². The largest absolute Gasteiger partial charge is 0.492 e. The number of allylic oxidation sites excluding steroid dienone is 2. The molecule has 3 aliphatic heterocycles. The Morgan fingerprint density at radius 2 is 1.68 bits per heavy atom. The molecule has 1 aromatic carbocycles. The second-order valence-corrected chi connectivity index (χ2v) is 19.0. The maximum Gasteiger partial charge on any atom is 0.410 e. The molecule has 4 amide bonds. The van der Waals surface area contributed by atoms with Gasteiger partial charge in [0.1, 0.15) is 30.6 Å². The third-order valence-corrected chi connectivity index (χ3v) is 14.1. The molecule has 3 aliphatic carbocycles. The summed E-state index contributed by atoms with van der Waals surface area (Å²) < 4.78 is 45.6. The maximum absolute atomic E-state index is 14.5. The van der Waals surface area contributed by atoms with E-state index in [0.717, 1.165) is 56.2 Å². The van der Waals surface area contributed by atoms with Crippen LogP contribution in [0.5, 0.6) is 5.75 Å². The van der Waals surface area contributed by atoms with E-state index in [-0.39, 0.29) is 31.4 Å². The van der Waals surface area contributed by atoms with Crippen molar-refractivity contribution in [1.82, 2.24) is 24.7 Å². The molecule has 0 spiro atoms. The molecule has 0 radical (unpaired) electrons. The standard InChI is InChI=1S/C41H57N5O10S/c1-44(2)18-19-54-31-15-14-27-24-45(25-28(27)20-31)40(51)56-32-21-35-36(47)23-41(38(49)43-57(52,53)33-16-17-33)22-29(41)10-6-4-3-5-7-13-34(37(48)46(35)26-32)42-39(50)55-30-11-8-9-12-30/h6,10,14-15,20,29-30,32-35H,3-5,7-9,11-13,16-19,21-26H2,1-2H3,(H,42,50)(H,43,49)/b10-6-/t29-,32-,34+,35+,41-/m1/s1. The van der Waals surface area contributed by atoms with Crippen molar-refractivity contribution >= 4 is 39.8 Å². The van der Waals surface area contributed by atoms with Gasteiger partial charge in [-0.3, -0.25) is 24.0 Å². The lowest BCUT2D eigenvalue weighted by atomic mass is 9.91. The summed E-state index contributed by atoms with van der Waals surface area (Å²) in [5, 5.41) is 2.18. The average molecular weight is 812 g/mol. The van der Waals surface area contributed by atoms with Gasteiger partial charge in [-0.15, -0.1) is 0 Å². The second kappa shape index (κ2) is 17.4. The first kappa shape index (κ1) is 41.0. The minimum absolute atomic E-state index is 0.00121. The molecule has 4 fully saturated rings. The van der Waals surface area contributed by atoms with Crippen LogP contribution in [0.4, 0.5) is 9.59 Å². The number of amides is 4. The lowest BCUT2D eigenvalue weighted by Crippen LogP contribution is -2.52. The highest BCUT2D eigenvalue weighted by Crippen LogP contribution is 2.57. The molecule has 5 atom stereocenters. The molecular weight excluding hydrogens is 755 g/mol. The summed E-state index contributed by atoms with van der Waals surface area (Å²) >= 11 is 0. The Hall–Kier alpha value is -4.18. The summed E-state index contributed by atoms with van der Waals surface area (Å²) in [6.07, 6.45) is 9.26. The predicted octanol–water partition coefficient (Wildman–Crippen LogP) is 4.18. The minimum Gasteiger partial charge on any atom is -0.492 e. The molecule has 1 saturated heterocycles. The third kappa shape index (κ3) is 9.93. The number of ketones is 1. The van der Waals surface area contributed by atoms with Crippen molar-refractivity contribution < 1.29 is 46.6 Å². The first-order chi connectivity index (χ1) is 27.3. The molecule has 1 aromatic rings. The van der Waals surface area contributed by atoms with Crippen LogP contribution in [-0.2, 0) is 47.0 Å². The molecule has 3 saturated carbocycles. The minimum atomic E-state index is -3.87. The van der Waals surface area contributed by atoms with Crippen molar-refractivity contribution in [3.63, 3.8) is 0 Å². The average Bonchev–Trinajstić information content (AvgIpc) is 3.95. The highest BCUT2D eigenvalue weighted by molar-refractivity contribution is 7.90. The van der Waals surface area contributed by atoms with E-state index in [4.69, 9.17) is 14.2 Å². The number of alkyl carbamates (subject to hydrolysis) is 1. The molecule has 0 aromatic heterocycles. The monoisotopic (exact) mass is 811 g/mol. The highest BCUT2D eigenvalue weighted by atomic mass is 32.2. The van der Waals surface area contributed by atoms with E-state index >= 15 is 0 Å². The number of rotatable bonds is 10. The Bertz CT molecular complexity index is 1840. The van der Waals surface area contributed by atoms with Crippen molar-refractivity contribution in [3.8, 4) is 5.75 Å². The summed E-state index contributed by atoms with van der Waals surface area (Å²) in [6.45, 7) is 1.84. The van der Waals surface area contributed by atoms with E-state index in [2.05, 4.69) is 10.0 Å². The van der Waals surface area contributed by atoms with Crippen LogP contribution in [0.1, 0.15) is 101 Å². The molecule has 16 heteroatoms. The van der Waals surface area contributed by atoms with Gasteiger partial charge in [0.25, 0.3) is 0 Å². The number of fused-ring (bicyclic) bond motifs is 3. The number of carbonyl (C=O) groups excluding carboxylic acids is 5. The lowest BCUT2D eigenvalue weighted by molar-refractivity contribution is -0.140. The van der Waals surface area contributed by atoms with E-state index in [1.165, 1.54) is 4.90 Å². The van der Waals surface area contributed by atoms with Crippen molar-refractivity contribution in [2.24, 2.45) is 11.3 Å². The number of sulfonamides is 1. The van der Waals surface area contributed by atoms with Gasteiger partial charge in [-0.05, 0) is 107 Å². The third-order valence-electron chi connectivity index (χ3n) is 12.3. The zero-order valence-electron chi connectivity index (χ0n) is 33.1. The van der Waals surface area contributed by atoms with Crippen LogP contribution in [0, 0.1) is 11.3 Å². The highest BCUT2D eigenvalue weighted by Gasteiger charge is 2.61. The second-order valence-electron chi connectivity index (χ2n) is 17.0. The molecule has 6 aliphatic rings. The number of ether oxygens (including phenoxy) is 3. The van der Waals surface area contributed by atoms with Crippen molar-refractivity contribution in [1.29, 1.82) is 0 Å². The molecule has 0 bridgehead atoms.